The van der Waals surface area contributed by atoms with Crippen molar-refractivity contribution in [3.05, 3.63) is 35.3 Å². The van der Waals surface area contributed by atoms with Crippen LogP contribution in [0.3, 0.4) is 0 Å². The van der Waals surface area contributed by atoms with E-state index in [4.69, 9.17) is 5.73 Å². The summed E-state index contributed by atoms with van der Waals surface area (Å²) in [4.78, 5) is 26.8. The van der Waals surface area contributed by atoms with Gasteiger partial charge in [-0.25, -0.2) is 14.2 Å². The fourth-order valence-corrected chi connectivity index (χ4v) is 2.94. The molecule has 1 aliphatic rings. The number of nitrogens with two attached hydrogens (primary N) is 1. The number of aryl methyl sites for hydroxylation is 1. The van der Waals surface area contributed by atoms with Gasteiger partial charge in [-0.2, -0.15) is 4.98 Å². The molecule has 3 N–H and O–H groups in total. The fraction of sp³-hybridized carbons (Fsp3) is 0.389. The lowest BCUT2D eigenvalue weighted by Crippen LogP contribution is -2.46. The van der Waals surface area contributed by atoms with Gasteiger partial charge >= 0.3 is 6.03 Å². The van der Waals surface area contributed by atoms with E-state index in [0.717, 1.165) is 12.1 Å². The van der Waals surface area contributed by atoms with Crippen molar-refractivity contribution >= 4 is 29.2 Å². The molecule has 1 aromatic carbocycles. The minimum absolute atomic E-state index is 0.00791. The van der Waals surface area contributed by atoms with Crippen molar-refractivity contribution in [2.24, 2.45) is 0 Å². The lowest BCUT2D eigenvalue weighted by molar-refractivity contribution is 0.251. The Balaban J connectivity index is 1.87. The van der Waals surface area contributed by atoms with Gasteiger partial charge in [0.2, 0.25) is 5.95 Å². The fourth-order valence-electron chi connectivity index (χ4n) is 2.94. The summed E-state index contributed by atoms with van der Waals surface area (Å²) in [6, 6.07) is 2.57. The van der Waals surface area contributed by atoms with Crippen LogP contribution in [0.15, 0.2) is 18.3 Å². The van der Waals surface area contributed by atoms with Gasteiger partial charge < -0.3 is 16.0 Å². The van der Waals surface area contributed by atoms with E-state index in [1.165, 1.54) is 17.0 Å². The van der Waals surface area contributed by atoms with Gasteiger partial charge in [-0.3, -0.25) is 9.80 Å². The van der Waals surface area contributed by atoms with Gasteiger partial charge in [0.1, 0.15) is 11.6 Å². The molecule has 9 heteroatoms. The molecule has 2 aromatic rings. The van der Waals surface area contributed by atoms with Gasteiger partial charge in [-0.15, -0.1) is 0 Å². The summed E-state index contributed by atoms with van der Waals surface area (Å²) >= 11 is 0. The topological polar surface area (TPSA) is 90.6 Å². The Morgan fingerprint density at radius 3 is 2.81 bits per heavy atom. The second-order valence-electron chi connectivity index (χ2n) is 6.86. The molecule has 0 saturated heterocycles. The van der Waals surface area contributed by atoms with Crippen molar-refractivity contribution in [2.45, 2.75) is 13.5 Å². The standard InChI is InChI=1S/C18H24FN7O/c1-11-7-13(19)14(20)8-15(11)26-10-12-9-22-17(21-5-6-24(2)3)23-16(12)25(4)18(26)27/h7-9H,5-6,10,20H2,1-4H3,(H,21,22,23). The summed E-state index contributed by atoms with van der Waals surface area (Å²) in [5.41, 5.74) is 7.71. The highest BCUT2D eigenvalue weighted by Gasteiger charge is 2.31. The molecule has 2 amide bonds. The third-order valence-corrected chi connectivity index (χ3v) is 4.45. The molecule has 3 rings (SSSR count). The number of nitrogens with one attached hydrogen (secondary N) is 1. The van der Waals surface area contributed by atoms with Gasteiger partial charge in [-0.1, -0.05) is 0 Å². The number of carbonyl (C=O) groups excluding carboxylic acids is 1. The molecule has 8 nitrogen and oxygen atoms in total. The molecule has 2 heterocycles. The molecule has 0 radical (unpaired) electrons. The van der Waals surface area contributed by atoms with Crippen LogP contribution in [0.2, 0.25) is 0 Å². The Hall–Kier alpha value is -2.94. The maximum absolute atomic E-state index is 13.7. The molecule has 0 atom stereocenters. The second kappa shape index (κ2) is 7.36. The van der Waals surface area contributed by atoms with Crippen LogP contribution >= 0.6 is 0 Å². The summed E-state index contributed by atoms with van der Waals surface area (Å²) in [5, 5.41) is 3.15. The molecule has 27 heavy (non-hydrogen) atoms. The molecule has 1 aliphatic heterocycles. The predicted octanol–water partition coefficient (Wildman–Crippen LogP) is 2.06. The number of carbonyl (C=O) groups is 1. The Bertz CT molecular complexity index is 871. The number of urea groups is 1. The molecular weight excluding hydrogens is 349 g/mol. The lowest BCUT2D eigenvalue weighted by atomic mass is 10.1. The number of rotatable bonds is 5. The highest BCUT2D eigenvalue weighted by molar-refractivity contribution is 6.05. The number of nitrogen functional groups attached to an aromatic ring is 1. The monoisotopic (exact) mass is 373 g/mol. The van der Waals surface area contributed by atoms with E-state index in [2.05, 4.69) is 20.2 Å². The summed E-state index contributed by atoms with van der Waals surface area (Å²) in [6.45, 7) is 3.58. The highest BCUT2D eigenvalue weighted by atomic mass is 19.1. The summed E-state index contributed by atoms with van der Waals surface area (Å²) in [5.74, 6) is 0.545. The normalized spacial score (nSPS) is 13.9. The number of nitrogens with zero attached hydrogens (tertiary/aromatic N) is 5. The maximum Gasteiger partial charge on any atom is 0.330 e. The molecular formula is C18H24FN7O. The van der Waals surface area contributed by atoms with Crippen LogP contribution in [0.4, 0.5) is 32.3 Å². The van der Waals surface area contributed by atoms with Crippen LogP contribution in [0.1, 0.15) is 11.1 Å². The SMILES string of the molecule is Cc1cc(F)c(N)cc1N1Cc2cnc(NCCN(C)C)nc2N(C)C1=O. The summed E-state index contributed by atoms with van der Waals surface area (Å²) < 4.78 is 13.7. The minimum Gasteiger partial charge on any atom is -0.396 e. The largest absolute Gasteiger partial charge is 0.396 e. The Morgan fingerprint density at radius 2 is 2.11 bits per heavy atom. The zero-order chi connectivity index (χ0) is 19.7. The highest BCUT2D eigenvalue weighted by Crippen LogP contribution is 2.33. The Morgan fingerprint density at radius 1 is 1.37 bits per heavy atom. The minimum atomic E-state index is -0.494. The first-order chi connectivity index (χ1) is 12.8. The van der Waals surface area contributed by atoms with Crippen LogP contribution in [0, 0.1) is 12.7 Å². The second-order valence-corrected chi connectivity index (χ2v) is 6.86. The number of hydrogen-bond donors (Lipinski definition) is 2. The predicted molar refractivity (Wildman–Crippen MR) is 105 cm³/mol. The molecule has 144 valence electrons. The number of fused-ring (bicyclic) bond motifs is 1. The van der Waals surface area contributed by atoms with E-state index in [0.29, 0.717) is 36.1 Å². The quantitative estimate of drug-likeness (QED) is 0.780. The van der Waals surface area contributed by atoms with E-state index in [1.807, 2.05) is 14.1 Å². The van der Waals surface area contributed by atoms with E-state index < -0.39 is 5.82 Å². The number of hydrogen-bond acceptors (Lipinski definition) is 6. The summed E-state index contributed by atoms with van der Waals surface area (Å²) in [7, 11) is 5.63. The third-order valence-electron chi connectivity index (χ3n) is 4.45. The molecule has 0 fully saturated rings. The van der Waals surface area contributed by atoms with Crippen LogP contribution in [-0.2, 0) is 6.54 Å². The Kier molecular flexibility index (Phi) is 5.13. The molecule has 0 aliphatic carbocycles. The van der Waals surface area contributed by atoms with E-state index >= 15 is 0 Å². The first kappa shape index (κ1) is 18.8. The van der Waals surface area contributed by atoms with Crippen LogP contribution in [0.5, 0.6) is 0 Å². The first-order valence-electron chi connectivity index (χ1n) is 8.63. The third kappa shape index (κ3) is 3.77. The van der Waals surface area contributed by atoms with Crippen molar-refractivity contribution in [1.82, 2.24) is 14.9 Å². The van der Waals surface area contributed by atoms with Crippen molar-refractivity contribution in [1.29, 1.82) is 0 Å². The molecule has 1 aromatic heterocycles. The zero-order valence-corrected chi connectivity index (χ0v) is 16.0. The number of likely N-dealkylation sites (N-methyl/N-ethyl adjacent to an activating group) is 1. The Labute approximate surface area is 157 Å². The number of halogens is 1. The van der Waals surface area contributed by atoms with Gasteiger partial charge in [0.05, 0.1) is 17.9 Å². The molecule has 0 saturated carbocycles. The van der Waals surface area contributed by atoms with Gasteiger partial charge in [0.15, 0.2) is 0 Å². The zero-order valence-electron chi connectivity index (χ0n) is 16.0. The van der Waals surface area contributed by atoms with Gasteiger partial charge in [0.25, 0.3) is 0 Å². The molecule has 0 unspecified atom stereocenters. The van der Waals surface area contributed by atoms with Crippen LogP contribution in [-0.4, -0.2) is 55.1 Å². The number of amides is 2. The van der Waals surface area contributed by atoms with Crippen molar-refractivity contribution in [3.8, 4) is 0 Å². The summed E-state index contributed by atoms with van der Waals surface area (Å²) in [6.07, 6.45) is 1.71. The van der Waals surface area contributed by atoms with E-state index in [9.17, 15) is 9.18 Å². The van der Waals surface area contributed by atoms with Gasteiger partial charge in [0, 0.05) is 31.9 Å². The van der Waals surface area contributed by atoms with Gasteiger partial charge in [-0.05, 0) is 38.7 Å². The molecule has 0 bridgehead atoms. The number of benzene rings is 1. The smallest absolute Gasteiger partial charge is 0.330 e. The number of anilines is 4. The van der Waals surface area contributed by atoms with Crippen molar-refractivity contribution in [3.63, 3.8) is 0 Å². The van der Waals surface area contributed by atoms with Crippen LogP contribution in [0.25, 0.3) is 0 Å². The van der Waals surface area contributed by atoms with E-state index in [1.54, 1.807) is 25.1 Å². The number of aromatic nitrogens is 2. The van der Waals surface area contributed by atoms with E-state index in [-0.39, 0.29) is 11.7 Å². The van der Waals surface area contributed by atoms with Crippen molar-refractivity contribution in [2.75, 3.05) is 55.1 Å². The maximum atomic E-state index is 13.7. The average molecular weight is 373 g/mol. The van der Waals surface area contributed by atoms with Crippen LogP contribution < -0.4 is 20.9 Å². The first-order valence-corrected chi connectivity index (χ1v) is 8.63. The van der Waals surface area contributed by atoms with Crippen molar-refractivity contribution < 1.29 is 9.18 Å². The molecule has 0 spiro atoms. The lowest BCUT2D eigenvalue weighted by Gasteiger charge is -2.34. The average Bonchev–Trinajstić information content (AvgIpc) is 2.61.